The number of phenolic OH excluding ortho intramolecular Hbond substituents is 1. The van der Waals surface area contributed by atoms with E-state index < -0.39 is 13.4 Å². The first-order chi connectivity index (χ1) is 8.88. The number of aromatic hydroxyl groups is 1. The first-order valence-electron chi connectivity index (χ1n) is 6.36. The molecule has 0 aliphatic heterocycles. The number of nitrogens with one attached hydrogen (secondary N) is 1. The van der Waals surface area contributed by atoms with Gasteiger partial charge in [-0.25, -0.2) is 0 Å². The van der Waals surface area contributed by atoms with Crippen molar-refractivity contribution >= 4 is 7.60 Å². The van der Waals surface area contributed by atoms with Crippen LogP contribution >= 0.6 is 7.60 Å². The minimum absolute atomic E-state index is 0.0160. The Morgan fingerprint density at radius 2 is 2.00 bits per heavy atom. The fourth-order valence-electron chi connectivity index (χ4n) is 1.73. The predicted octanol–water partition coefficient (Wildman–Crippen LogP) is 2.86. The Morgan fingerprint density at radius 1 is 1.37 bits per heavy atom. The molecule has 3 N–H and O–H groups in total. The summed E-state index contributed by atoms with van der Waals surface area (Å²) in [4.78, 5) is 10.0. The van der Waals surface area contributed by atoms with E-state index in [0.29, 0.717) is 18.0 Å². The maximum absolute atomic E-state index is 12.2. The molecule has 0 aliphatic rings. The lowest BCUT2D eigenvalue weighted by molar-refractivity contribution is 0.256. The van der Waals surface area contributed by atoms with E-state index in [1.54, 1.807) is 25.1 Å². The van der Waals surface area contributed by atoms with E-state index in [9.17, 15) is 14.6 Å². The second-order valence-electron chi connectivity index (χ2n) is 4.75. The highest BCUT2D eigenvalue weighted by molar-refractivity contribution is 7.53. The van der Waals surface area contributed by atoms with Crippen LogP contribution in [-0.4, -0.2) is 23.2 Å². The maximum atomic E-state index is 12.2. The smallest absolute Gasteiger partial charge is 0.349 e. The van der Waals surface area contributed by atoms with E-state index in [2.05, 4.69) is 5.32 Å². The van der Waals surface area contributed by atoms with Crippen LogP contribution in [0.25, 0.3) is 0 Å². The van der Waals surface area contributed by atoms with Crippen LogP contribution in [0.5, 0.6) is 5.75 Å². The van der Waals surface area contributed by atoms with E-state index in [1.807, 2.05) is 13.8 Å². The Morgan fingerprint density at radius 3 is 2.53 bits per heavy atom. The second-order valence-corrected chi connectivity index (χ2v) is 6.65. The minimum Gasteiger partial charge on any atom is -0.508 e. The molecule has 1 aromatic carbocycles. The predicted molar refractivity (Wildman–Crippen MR) is 75.1 cm³/mol. The summed E-state index contributed by atoms with van der Waals surface area (Å²) in [5.74, 6) is -0.622. The van der Waals surface area contributed by atoms with Crippen LogP contribution in [0, 0.1) is 5.92 Å². The molecule has 0 amide bonds. The normalized spacial score (nSPS) is 16.3. The summed E-state index contributed by atoms with van der Waals surface area (Å²) in [5.41, 5.74) is 0.377. The lowest BCUT2D eigenvalue weighted by Gasteiger charge is -2.25. The Labute approximate surface area is 114 Å². The molecular weight excluding hydrogens is 265 g/mol. The van der Waals surface area contributed by atoms with E-state index in [-0.39, 0.29) is 12.4 Å². The van der Waals surface area contributed by atoms with Crippen molar-refractivity contribution in [3.05, 3.63) is 29.8 Å². The molecule has 0 aromatic heterocycles. The Balaban J connectivity index is 3.05. The quantitative estimate of drug-likeness (QED) is 0.672. The van der Waals surface area contributed by atoms with Crippen molar-refractivity contribution in [3.8, 4) is 5.75 Å². The van der Waals surface area contributed by atoms with Crippen LogP contribution in [0.4, 0.5) is 0 Å². The van der Waals surface area contributed by atoms with Gasteiger partial charge >= 0.3 is 7.60 Å². The molecule has 6 heteroatoms. The zero-order valence-corrected chi connectivity index (χ0v) is 12.4. The Hall–Kier alpha value is -0.870. The zero-order chi connectivity index (χ0) is 14.5. The van der Waals surface area contributed by atoms with E-state index in [4.69, 9.17) is 4.52 Å². The van der Waals surface area contributed by atoms with Crippen molar-refractivity contribution in [3.63, 3.8) is 0 Å². The topological polar surface area (TPSA) is 78.8 Å². The molecule has 108 valence electrons. The van der Waals surface area contributed by atoms with Crippen LogP contribution in [0.1, 0.15) is 32.1 Å². The summed E-state index contributed by atoms with van der Waals surface area (Å²) in [6, 6.07) is 6.49. The number of hydrogen-bond acceptors (Lipinski definition) is 4. The van der Waals surface area contributed by atoms with Crippen molar-refractivity contribution in [2.45, 2.75) is 26.6 Å². The van der Waals surface area contributed by atoms with Gasteiger partial charge in [0.15, 0.2) is 0 Å². The van der Waals surface area contributed by atoms with Gasteiger partial charge in [0.1, 0.15) is 11.5 Å². The number of rotatable bonds is 7. The largest absolute Gasteiger partial charge is 0.508 e. The molecule has 0 saturated carbocycles. The van der Waals surface area contributed by atoms with Gasteiger partial charge in [0.2, 0.25) is 0 Å². The van der Waals surface area contributed by atoms with Gasteiger partial charge in [0, 0.05) is 5.56 Å². The first-order valence-corrected chi connectivity index (χ1v) is 8.01. The lowest BCUT2D eigenvalue weighted by Crippen LogP contribution is -2.26. The second kappa shape index (κ2) is 7.06. The monoisotopic (exact) mass is 287 g/mol. The van der Waals surface area contributed by atoms with Crippen LogP contribution < -0.4 is 5.32 Å². The van der Waals surface area contributed by atoms with E-state index >= 15 is 0 Å². The number of phenols is 1. The molecule has 0 fully saturated rings. The van der Waals surface area contributed by atoms with Crippen LogP contribution in [0.15, 0.2) is 24.3 Å². The third-order valence-electron chi connectivity index (χ3n) is 2.59. The highest BCUT2D eigenvalue weighted by Crippen LogP contribution is 2.56. The standard InChI is InChI=1S/C13H22NO4P/c1-4-18-19(16,17)13(14-9-10(2)3)11-7-5-6-8-12(11)15/h5-8,10,13-15H,4,9H2,1-3H3,(H,16,17). The van der Waals surface area contributed by atoms with Crippen molar-refractivity contribution < 1.29 is 19.1 Å². The summed E-state index contributed by atoms with van der Waals surface area (Å²) < 4.78 is 17.2. The first kappa shape index (κ1) is 16.2. The number of para-hydroxylation sites is 1. The average molecular weight is 287 g/mol. The SMILES string of the molecule is CCOP(=O)(O)C(NCC(C)C)c1ccccc1O. The van der Waals surface area contributed by atoms with Gasteiger partial charge in [-0.1, -0.05) is 32.0 Å². The fraction of sp³-hybridized carbons (Fsp3) is 0.538. The van der Waals surface area contributed by atoms with E-state index in [1.165, 1.54) is 6.07 Å². The molecule has 1 aromatic rings. The third kappa shape index (κ3) is 4.62. The van der Waals surface area contributed by atoms with E-state index in [0.717, 1.165) is 0 Å². The van der Waals surface area contributed by atoms with Gasteiger partial charge in [-0.15, -0.1) is 0 Å². The van der Waals surface area contributed by atoms with Gasteiger partial charge in [-0.2, -0.15) is 0 Å². The van der Waals surface area contributed by atoms with Crippen LogP contribution in [0.3, 0.4) is 0 Å². The molecule has 1 rings (SSSR count). The molecule has 0 radical (unpaired) electrons. The Kier molecular flexibility index (Phi) is 6.01. The highest BCUT2D eigenvalue weighted by Gasteiger charge is 2.34. The molecular formula is C13H22NO4P. The van der Waals surface area contributed by atoms with Crippen molar-refractivity contribution in [1.29, 1.82) is 0 Å². The van der Waals surface area contributed by atoms with Crippen LogP contribution in [-0.2, 0) is 9.09 Å². The van der Waals surface area contributed by atoms with Crippen LogP contribution in [0.2, 0.25) is 0 Å². The lowest BCUT2D eigenvalue weighted by atomic mass is 10.2. The summed E-state index contributed by atoms with van der Waals surface area (Å²) in [6.45, 7) is 6.35. The van der Waals surface area contributed by atoms with Gasteiger partial charge in [-0.05, 0) is 25.5 Å². The highest BCUT2D eigenvalue weighted by atomic mass is 31.2. The molecule has 0 bridgehead atoms. The molecule has 0 saturated heterocycles. The van der Waals surface area contributed by atoms with Crippen molar-refractivity contribution in [2.75, 3.05) is 13.2 Å². The summed E-state index contributed by atoms with van der Waals surface area (Å²) in [5, 5.41) is 12.9. The van der Waals surface area contributed by atoms with Gasteiger partial charge < -0.3 is 14.5 Å². The summed E-state index contributed by atoms with van der Waals surface area (Å²) in [7, 11) is -3.88. The zero-order valence-electron chi connectivity index (χ0n) is 11.5. The van der Waals surface area contributed by atoms with Crippen molar-refractivity contribution in [2.24, 2.45) is 5.92 Å². The number of benzene rings is 1. The molecule has 0 spiro atoms. The van der Waals surface area contributed by atoms with Gasteiger partial charge in [-0.3, -0.25) is 9.88 Å². The Bertz CT molecular complexity index is 450. The van der Waals surface area contributed by atoms with Gasteiger partial charge in [0.25, 0.3) is 0 Å². The van der Waals surface area contributed by atoms with Gasteiger partial charge in [0.05, 0.1) is 6.61 Å². The molecule has 19 heavy (non-hydrogen) atoms. The average Bonchev–Trinajstić information content (AvgIpc) is 2.30. The maximum Gasteiger partial charge on any atom is 0.349 e. The molecule has 5 nitrogen and oxygen atoms in total. The third-order valence-corrected chi connectivity index (χ3v) is 4.33. The van der Waals surface area contributed by atoms with Crippen molar-refractivity contribution in [1.82, 2.24) is 5.32 Å². The minimum atomic E-state index is -3.88. The number of hydrogen-bond donors (Lipinski definition) is 3. The molecule has 0 heterocycles. The molecule has 0 aliphatic carbocycles. The molecule has 2 unspecified atom stereocenters. The fourth-order valence-corrected chi connectivity index (χ4v) is 3.15. The summed E-state index contributed by atoms with van der Waals surface area (Å²) >= 11 is 0. The summed E-state index contributed by atoms with van der Waals surface area (Å²) in [6.07, 6.45) is 0. The molecule has 2 atom stereocenters.